The summed E-state index contributed by atoms with van der Waals surface area (Å²) in [5, 5.41) is 9.93. The second-order valence-electron chi connectivity index (χ2n) is 5.81. The summed E-state index contributed by atoms with van der Waals surface area (Å²) >= 11 is 0. The van der Waals surface area contributed by atoms with Crippen LogP contribution in [0.5, 0.6) is 5.75 Å². The molecule has 1 aliphatic rings. The molecule has 0 radical (unpaired) electrons. The Hall–Kier alpha value is -1.30. The molecule has 2 rings (SSSR count). The van der Waals surface area contributed by atoms with E-state index in [1.807, 2.05) is 18.2 Å². The number of nitrogens with two attached hydrogens (primary N) is 1. The molecule has 0 aromatic heterocycles. The number of hydrogen-bond acceptors (Lipinski definition) is 5. The van der Waals surface area contributed by atoms with Gasteiger partial charge in [-0.3, -0.25) is 4.90 Å². The number of nitrogens with zero attached hydrogens (tertiary/aromatic N) is 2. The van der Waals surface area contributed by atoms with Crippen molar-refractivity contribution in [2.24, 2.45) is 0 Å². The lowest BCUT2D eigenvalue weighted by Gasteiger charge is -2.27. The van der Waals surface area contributed by atoms with Crippen molar-refractivity contribution in [3.05, 3.63) is 23.8 Å². The fourth-order valence-electron chi connectivity index (χ4n) is 2.90. The zero-order chi connectivity index (χ0) is 14.7. The Bertz CT molecular complexity index is 451. The van der Waals surface area contributed by atoms with Gasteiger partial charge in [-0.1, -0.05) is 0 Å². The summed E-state index contributed by atoms with van der Waals surface area (Å²) in [6.07, 6.45) is 0.579. The number of aliphatic hydroxyl groups is 1. The van der Waals surface area contributed by atoms with Crippen molar-refractivity contribution in [1.82, 2.24) is 9.80 Å². The normalized spacial score (nSPS) is 23.4. The van der Waals surface area contributed by atoms with Crippen LogP contribution in [0.3, 0.4) is 0 Å². The van der Waals surface area contributed by atoms with Crippen LogP contribution in [0.25, 0.3) is 0 Å². The van der Waals surface area contributed by atoms with Gasteiger partial charge < -0.3 is 20.5 Å². The van der Waals surface area contributed by atoms with E-state index in [0.717, 1.165) is 36.5 Å². The molecule has 0 saturated carbocycles. The second-order valence-corrected chi connectivity index (χ2v) is 5.81. The van der Waals surface area contributed by atoms with Gasteiger partial charge in [-0.15, -0.1) is 0 Å². The lowest BCUT2D eigenvalue weighted by Crippen LogP contribution is -2.37. The molecule has 20 heavy (non-hydrogen) atoms. The number of anilines is 1. The topological polar surface area (TPSA) is 62.0 Å². The molecule has 1 fully saturated rings. The van der Waals surface area contributed by atoms with E-state index < -0.39 is 0 Å². The summed E-state index contributed by atoms with van der Waals surface area (Å²) in [5.74, 6) is 0.851. The monoisotopic (exact) mass is 279 g/mol. The van der Waals surface area contributed by atoms with Crippen molar-refractivity contribution in [3.63, 3.8) is 0 Å². The summed E-state index contributed by atoms with van der Waals surface area (Å²) in [4.78, 5) is 4.47. The molecule has 3 N–H and O–H groups in total. The molecule has 1 heterocycles. The molecule has 5 heteroatoms. The first-order chi connectivity index (χ1) is 9.49. The third kappa shape index (κ3) is 3.62. The summed E-state index contributed by atoms with van der Waals surface area (Å²) in [6.45, 7) is 2.40. The van der Waals surface area contributed by atoms with Crippen LogP contribution < -0.4 is 10.5 Å². The van der Waals surface area contributed by atoms with Gasteiger partial charge in [0.1, 0.15) is 5.75 Å². The Balaban J connectivity index is 2.13. The van der Waals surface area contributed by atoms with Crippen molar-refractivity contribution in [1.29, 1.82) is 0 Å². The molecule has 0 bridgehead atoms. The Kier molecular flexibility index (Phi) is 4.86. The van der Waals surface area contributed by atoms with Crippen LogP contribution >= 0.6 is 0 Å². The number of methoxy groups -OCH3 is 1. The van der Waals surface area contributed by atoms with E-state index in [0.29, 0.717) is 12.6 Å². The van der Waals surface area contributed by atoms with E-state index in [1.165, 1.54) is 0 Å². The lowest BCUT2D eigenvalue weighted by atomic mass is 10.1. The number of ether oxygens (including phenoxy) is 1. The number of likely N-dealkylation sites (N-methyl/N-ethyl adjacent to an activating group) is 1. The average molecular weight is 279 g/mol. The third-order valence-electron chi connectivity index (χ3n) is 3.76. The van der Waals surface area contributed by atoms with E-state index in [-0.39, 0.29) is 6.10 Å². The highest BCUT2D eigenvalue weighted by Crippen LogP contribution is 2.27. The maximum absolute atomic E-state index is 9.93. The number of β-amino-alcohol motifs (C(OH)–C–C–N with tert-alkyl or cyclic N) is 1. The molecule has 0 aliphatic carbocycles. The van der Waals surface area contributed by atoms with E-state index in [1.54, 1.807) is 7.11 Å². The van der Waals surface area contributed by atoms with Gasteiger partial charge in [0.05, 0.1) is 13.2 Å². The van der Waals surface area contributed by atoms with E-state index in [9.17, 15) is 5.11 Å². The van der Waals surface area contributed by atoms with E-state index in [4.69, 9.17) is 10.5 Å². The number of rotatable bonds is 5. The van der Waals surface area contributed by atoms with Crippen molar-refractivity contribution in [2.75, 3.05) is 40.0 Å². The minimum atomic E-state index is -0.244. The summed E-state index contributed by atoms with van der Waals surface area (Å²) in [7, 11) is 5.79. The second kappa shape index (κ2) is 6.43. The molecule has 0 spiro atoms. The van der Waals surface area contributed by atoms with Crippen LogP contribution in [-0.4, -0.2) is 61.3 Å². The van der Waals surface area contributed by atoms with Gasteiger partial charge >= 0.3 is 0 Å². The van der Waals surface area contributed by atoms with Crippen molar-refractivity contribution < 1.29 is 9.84 Å². The fraction of sp³-hybridized carbons (Fsp3) is 0.600. The van der Waals surface area contributed by atoms with Gasteiger partial charge in [0.2, 0.25) is 0 Å². The molecule has 5 nitrogen and oxygen atoms in total. The summed E-state index contributed by atoms with van der Waals surface area (Å²) in [5.41, 5.74) is 7.68. The highest BCUT2D eigenvalue weighted by Gasteiger charge is 2.31. The first-order valence-electron chi connectivity index (χ1n) is 6.99. The molecule has 2 unspecified atom stereocenters. The highest BCUT2D eigenvalue weighted by molar-refractivity contribution is 5.47. The van der Waals surface area contributed by atoms with E-state index >= 15 is 0 Å². The summed E-state index contributed by atoms with van der Waals surface area (Å²) < 4.78 is 5.40. The fourth-order valence-corrected chi connectivity index (χ4v) is 2.90. The number of hydrogen-bond donors (Lipinski definition) is 2. The quantitative estimate of drug-likeness (QED) is 0.780. The van der Waals surface area contributed by atoms with Crippen LogP contribution in [0.1, 0.15) is 12.0 Å². The van der Waals surface area contributed by atoms with E-state index in [2.05, 4.69) is 23.9 Å². The van der Waals surface area contributed by atoms with Crippen LogP contribution in [-0.2, 0) is 6.54 Å². The van der Waals surface area contributed by atoms with Crippen molar-refractivity contribution in [3.8, 4) is 5.75 Å². The molecular formula is C15H25N3O2. The van der Waals surface area contributed by atoms with Crippen molar-refractivity contribution >= 4 is 5.69 Å². The minimum absolute atomic E-state index is 0.244. The first-order valence-corrected chi connectivity index (χ1v) is 6.99. The Morgan fingerprint density at radius 1 is 1.45 bits per heavy atom. The van der Waals surface area contributed by atoms with Crippen LogP contribution in [0, 0.1) is 0 Å². The molecule has 1 aromatic rings. The average Bonchev–Trinajstić information content (AvgIpc) is 2.69. The maximum Gasteiger partial charge on any atom is 0.123 e. The van der Waals surface area contributed by atoms with Crippen LogP contribution in [0.4, 0.5) is 5.69 Å². The van der Waals surface area contributed by atoms with Gasteiger partial charge in [0, 0.05) is 36.9 Å². The SMILES string of the molecule is COc1ccc(N)cc1CN1CC(O)CC1CN(C)C. The van der Waals surface area contributed by atoms with Crippen LogP contribution in [0.2, 0.25) is 0 Å². The third-order valence-corrected chi connectivity index (χ3v) is 3.76. The number of benzene rings is 1. The molecular weight excluding hydrogens is 254 g/mol. The van der Waals surface area contributed by atoms with Gasteiger partial charge in [0.25, 0.3) is 0 Å². The standard InChI is InChI=1S/C15H25N3O2/c1-17(2)9-13-7-14(19)10-18(13)8-11-6-12(16)4-5-15(11)20-3/h4-6,13-14,19H,7-10,16H2,1-3H3. The summed E-state index contributed by atoms with van der Waals surface area (Å²) in [6, 6.07) is 6.07. The number of likely N-dealkylation sites (tertiary alicyclic amines) is 1. The minimum Gasteiger partial charge on any atom is -0.496 e. The van der Waals surface area contributed by atoms with Crippen LogP contribution in [0.15, 0.2) is 18.2 Å². The molecule has 0 amide bonds. The predicted octanol–water partition coefficient (Wildman–Crippen LogP) is 0.774. The number of aliphatic hydroxyl groups excluding tert-OH is 1. The Morgan fingerprint density at radius 2 is 2.20 bits per heavy atom. The van der Waals surface area contributed by atoms with Gasteiger partial charge in [-0.25, -0.2) is 0 Å². The molecule has 1 saturated heterocycles. The first kappa shape index (κ1) is 15.1. The molecule has 112 valence electrons. The molecule has 1 aliphatic heterocycles. The maximum atomic E-state index is 9.93. The zero-order valence-electron chi connectivity index (χ0n) is 12.5. The molecule has 1 aromatic carbocycles. The Morgan fingerprint density at radius 3 is 2.85 bits per heavy atom. The smallest absolute Gasteiger partial charge is 0.123 e. The predicted molar refractivity (Wildman–Crippen MR) is 80.8 cm³/mol. The van der Waals surface area contributed by atoms with Gasteiger partial charge in [-0.2, -0.15) is 0 Å². The van der Waals surface area contributed by atoms with Crippen molar-refractivity contribution in [2.45, 2.75) is 25.1 Å². The number of nitrogen functional groups attached to an aromatic ring is 1. The largest absolute Gasteiger partial charge is 0.496 e. The van der Waals surface area contributed by atoms with Gasteiger partial charge in [-0.05, 0) is 38.7 Å². The highest BCUT2D eigenvalue weighted by atomic mass is 16.5. The lowest BCUT2D eigenvalue weighted by molar-refractivity contribution is 0.168. The zero-order valence-corrected chi connectivity index (χ0v) is 12.5. The molecule has 2 atom stereocenters. The Labute approximate surface area is 120 Å². The van der Waals surface area contributed by atoms with Gasteiger partial charge in [0.15, 0.2) is 0 Å².